The molecule has 0 unspecified atom stereocenters. The third kappa shape index (κ3) is 3.24. The van der Waals surface area contributed by atoms with Crippen LogP contribution in [0, 0.1) is 0 Å². The number of ether oxygens (including phenoxy) is 1. The van der Waals surface area contributed by atoms with Crippen LogP contribution in [-0.4, -0.2) is 22.0 Å². The van der Waals surface area contributed by atoms with E-state index in [2.05, 4.69) is 5.32 Å². The second-order valence-corrected chi connectivity index (χ2v) is 6.56. The largest absolute Gasteiger partial charge is 0.495 e. The maximum atomic E-state index is 12.9. The summed E-state index contributed by atoms with van der Waals surface area (Å²) in [6.45, 7) is 0.473. The van der Waals surface area contributed by atoms with E-state index in [4.69, 9.17) is 4.74 Å². The number of hydrogen-bond donors (Lipinski definition) is 1. The number of anilines is 1. The van der Waals surface area contributed by atoms with Gasteiger partial charge in [0.1, 0.15) is 11.3 Å². The van der Waals surface area contributed by atoms with E-state index < -0.39 is 0 Å². The molecule has 4 rings (SSSR count). The molecule has 0 radical (unpaired) electrons. The summed E-state index contributed by atoms with van der Waals surface area (Å²) in [4.78, 5) is 25.2. The summed E-state index contributed by atoms with van der Waals surface area (Å²) < 4.78 is 8.91. The summed E-state index contributed by atoms with van der Waals surface area (Å²) in [5, 5.41) is 2.87. The summed E-state index contributed by atoms with van der Waals surface area (Å²) in [6.07, 6.45) is 2.76. The molecule has 0 aliphatic carbocycles. The Hall–Kier alpha value is -3.54. The molecule has 6 heteroatoms. The Balaban J connectivity index is 1.52. The maximum absolute atomic E-state index is 12.9. The van der Waals surface area contributed by atoms with Crippen molar-refractivity contribution in [3.05, 3.63) is 77.2 Å². The first-order chi connectivity index (χ1) is 13.7. The van der Waals surface area contributed by atoms with Crippen molar-refractivity contribution in [2.75, 3.05) is 12.4 Å². The lowest BCUT2D eigenvalue weighted by atomic mass is 10.2. The number of rotatable bonds is 6. The van der Waals surface area contributed by atoms with Crippen molar-refractivity contribution in [3.8, 4) is 5.75 Å². The van der Waals surface area contributed by atoms with E-state index in [-0.39, 0.29) is 11.5 Å². The minimum Gasteiger partial charge on any atom is -0.495 e. The first kappa shape index (κ1) is 17.9. The molecule has 4 aromatic rings. The highest BCUT2D eigenvalue weighted by Gasteiger charge is 2.11. The van der Waals surface area contributed by atoms with Gasteiger partial charge in [0.2, 0.25) is 5.91 Å². The van der Waals surface area contributed by atoms with Crippen LogP contribution in [0.3, 0.4) is 0 Å². The van der Waals surface area contributed by atoms with Crippen LogP contribution in [0.1, 0.15) is 12.8 Å². The van der Waals surface area contributed by atoms with Gasteiger partial charge in [0, 0.05) is 19.2 Å². The number of nitrogens with zero attached hydrogens (tertiary/aromatic N) is 2. The van der Waals surface area contributed by atoms with Crippen molar-refractivity contribution in [1.29, 1.82) is 0 Å². The van der Waals surface area contributed by atoms with Gasteiger partial charge >= 0.3 is 0 Å². The van der Waals surface area contributed by atoms with Crippen molar-refractivity contribution in [2.45, 2.75) is 19.4 Å². The number of aryl methyl sites for hydroxylation is 1. The lowest BCUT2D eigenvalue weighted by molar-refractivity contribution is -0.116. The van der Waals surface area contributed by atoms with Gasteiger partial charge in [-0.1, -0.05) is 24.3 Å². The number of fused-ring (bicyclic) bond motifs is 3. The van der Waals surface area contributed by atoms with Gasteiger partial charge in [-0.15, -0.1) is 0 Å². The second-order valence-electron chi connectivity index (χ2n) is 6.56. The standard InChI is InChI=1S/C22H21N3O3/c1-28-20-12-5-2-8-16(20)23-21(26)13-7-15-25-18-10-4-3-9-17(18)24-14-6-11-19(24)22(25)27/h2-6,8-12,14H,7,13,15H2,1H3,(H,23,26). The van der Waals surface area contributed by atoms with Crippen LogP contribution in [0.5, 0.6) is 5.75 Å². The SMILES string of the molecule is COc1ccccc1NC(=O)CCCn1c(=O)c2cccn2c2ccccc21. The quantitative estimate of drug-likeness (QED) is 0.559. The number of aromatic nitrogens is 2. The van der Waals surface area contributed by atoms with Gasteiger partial charge in [-0.05, 0) is 42.8 Å². The number of nitrogens with one attached hydrogen (secondary N) is 1. The van der Waals surface area contributed by atoms with Gasteiger partial charge in [0.15, 0.2) is 0 Å². The topological polar surface area (TPSA) is 64.7 Å². The zero-order valence-corrected chi connectivity index (χ0v) is 15.6. The molecule has 6 nitrogen and oxygen atoms in total. The first-order valence-electron chi connectivity index (χ1n) is 9.20. The van der Waals surface area contributed by atoms with E-state index in [0.29, 0.717) is 36.3 Å². The number of methoxy groups -OCH3 is 1. The van der Waals surface area contributed by atoms with Gasteiger partial charge in [-0.2, -0.15) is 0 Å². The van der Waals surface area contributed by atoms with Crippen LogP contribution >= 0.6 is 0 Å². The van der Waals surface area contributed by atoms with Gasteiger partial charge in [0.05, 0.1) is 23.8 Å². The van der Waals surface area contributed by atoms with Gasteiger partial charge in [-0.25, -0.2) is 0 Å². The van der Waals surface area contributed by atoms with E-state index in [0.717, 1.165) is 11.0 Å². The molecular weight excluding hydrogens is 354 g/mol. The fourth-order valence-electron chi connectivity index (χ4n) is 3.49. The van der Waals surface area contributed by atoms with E-state index >= 15 is 0 Å². The highest BCUT2D eigenvalue weighted by molar-refractivity contribution is 5.92. The lowest BCUT2D eigenvalue weighted by Gasteiger charge is -2.13. The highest BCUT2D eigenvalue weighted by atomic mass is 16.5. The summed E-state index contributed by atoms with van der Waals surface area (Å²) in [7, 11) is 1.57. The highest BCUT2D eigenvalue weighted by Crippen LogP contribution is 2.23. The molecule has 142 valence electrons. The smallest absolute Gasteiger partial charge is 0.275 e. The zero-order chi connectivity index (χ0) is 19.5. The third-order valence-electron chi connectivity index (χ3n) is 4.81. The average Bonchev–Trinajstić information content (AvgIpc) is 3.21. The minimum atomic E-state index is -0.106. The molecule has 0 bridgehead atoms. The Morgan fingerprint density at radius 2 is 1.68 bits per heavy atom. The molecule has 0 aliphatic rings. The van der Waals surface area contributed by atoms with Crippen LogP contribution in [-0.2, 0) is 11.3 Å². The van der Waals surface area contributed by atoms with Crippen LogP contribution in [0.25, 0.3) is 16.6 Å². The van der Waals surface area contributed by atoms with Crippen molar-refractivity contribution in [1.82, 2.24) is 8.97 Å². The van der Waals surface area contributed by atoms with E-state index in [1.54, 1.807) is 23.8 Å². The number of carbonyl (C=O) groups excluding carboxylic acids is 1. The summed E-state index contributed by atoms with van der Waals surface area (Å²) in [5.41, 5.74) is 3.07. The number of para-hydroxylation sites is 4. The molecule has 0 spiro atoms. The van der Waals surface area contributed by atoms with Crippen molar-refractivity contribution < 1.29 is 9.53 Å². The first-order valence-corrected chi connectivity index (χ1v) is 9.20. The Kier molecular flexibility index (Phi) is 4.85. The Labute approximate surface area is 162 Å². The Morgan fingerprint density at radius 1 is 0.964 bits per heavy atom. The van der Waals surface area contributed by atoms with Gasteiger partial charge < -0.3 is 19.0 Å². The van der Waals surface area contributed by atoms with Gasteiger partial charge in [0.25, 0.3) is 5.56 Å². The third-order valence-corrected chi connectivity index (χ3v) is 4.81. The number of hydrogen-bond acceptors (Lipinski definition) is 3. The lowest BCUT2D eigenvalue weighted by Crippen LogP contribution is -2.23. The Morgan fingerprint density at radius 3 is 2.50 bits per heavy atom. The van der Waals surface area contributed by atoms with Crippen LogP contribution in [0.4, 0.5) is 5.69 Å². The molecule has 0 saturated carbocycles. The molecule has 0 aliphatic heterocycles. The summed E-state index contributed by atoms with van der Waals surface area (Å²) >= 11 is 0. The summed E-state index contributed by atoms with van der Waals surface area (Å²) in [5.74, 6) is 0.516. The fraction of sp³-hybridized carbons (Fsp3) is 0.182. The maximum Gasteiger partial charge on any atom is 0.275 e. The number of carbonyl (C=O) groups is 1. The predicted molar refractivity (Wildman–Crippen MR) is 110 cm³/mol. The fourth-order valence-corrected chi connectivity index (χ4v) is 3.49. The number of benzene rings is 2. The normalized spacial score (nSPS) is 11.0. The van der Waals surface area contributed by atoms with E-state index in [1.807, 2.05) is 59.1 Å². The van der Waals surface area contributed by atoms with Crippen LogP contribution < -0.4 is 15.6 Å². The van der Waals surface area contributed by atoms with Gasteiger partial charge in [-0.3, -0.25) is 9.59 Å². The molecule has 0 fully saturated rings. The number of amides is 1. The minimum absolute atomic E-state index is 0.0474. The molecule has 2 aromatic carbocycles. The monoisotopic (exact) mass is 375 g/mol. The molecular formula is C22H21N3O3. The van der Waals surface area contributed by atoms with Crippen molar-refractivity contribution >= 4 is 28.1 Å². The second kappa shape index (κ2) is 7.60. The molecule has 1 N–H and O–H groups in total. The molecule has 2 aromatic heterocycles. The summed E-state index contributed by atoms with van der Waals surface area (Å²) in [6, 6.07) is 18.8. The Bertz CT molecular complexity index is 1210. The zero-order valence-electron chi connectivity index (χ0n) is 15.6. The van der Waals surface area contributed by atoms with Crippen molar-refractivity contribution in [2.24, 2.45) is 0 Å². The molecule has 0 atom stereocenters. The molecule has 1 amide bonds. The molecule has 0 saturated heterocycles. The van der Waals surface area contributed by atoms with Crippen molar-refractivity contribution in [3.63, 3.8) is 0 Å². The average molecular weight is 375 g/mol. The predicted octanol–water partition coefficient (Wildman–Crippen LogP) is 3.68. The molecule has 2 heterocycles. The van der Waals surface area contributed by atoms with Crippen LogP contribution in [0.15, 0.2) is 71.7 Å². The molecule has 28 heavy (non-hydrogen) atoms. The van der Waals surface area contributed by atoms with Crippen LogP contribution in [0.2, 0.25) is 0 Å². The van der Waals surface area contributed by atoms with E-state index in [1.165, 1.54) is 0 Å². The van der Waals surface area contributed by atoms with E-state index in [9.17, 15) is 9.59 Å².